The van der Waals surface area contributed by atoms with E-state index < -0.39 is 76.0 Å². The van der Waals surface area contributed by atoms with Crippen molar-refractivity contribution in [2.45, 2.75) is 113 Å². The summed E-state index contributed by atoms with van der Waals surface area (Å²) in [7, 11) is 0. The van der Waals surface area contributed by atoms with E-state index in [1.807, 2.05) is 30.3 Å². The van der Waals surface area contributed by atoms with E-state index >= 15 is 0 Å². The first-order valence-corrected chi connectivity index (χ1v) is 14.0. The molecule has 0 spiro atoms. The van der Waals surface area contributed by atoms with E-state index in [-0.39, 0.29) is 32.1 Å². The maximum atomic E-state index is 13.1. The summed E-state index contributed by atoms with van der Waals surface area (Å²) in [5.74, 6) is -1.57. The maximum absolute atomic E-state index is 13.1. The van der Waals surface area contributed by atoms with Gasteiger partial charge in [-0.1, -0.05) is 44.2 Å². The van der Waals surface area contributed by atoms with Gasteiger partial charge in [0.25, 0.3) is 0 Å². The quantitative estimate of drug-likeness (QED) is 0.216. The molecular weight excluding hydrogens is 504 g/mol. The molecule has 0 saturated heterocycles. The number of carbonyl (C=O) groups is 1. The summed E-state index contributed by atoms with van der Waals surface area (Å²) in [4.78, 5) is 13.1. The van der Waals surface area contributed by atoms with Crippen LogP contribution in [-0.4, -0.2) is 88.5 Å². The fraction of sp³-hybridized carbons (Fsp3) is 0.700. The third kappa shape index (κ3) is 3.60. The average molecular weight is 547 g/mol. The first kappa shape index (κ1) is 28.7. The van der Waals surface area contributed by atoms with Crippen LogP contribution in [0.1, 0.15) is 71.3 Å². The van der Waals surface area contributed by atoms with E-state index in [9.17, 15) is 40.5 Å². The highest BCUT2D eigenvalue weighted by atomic mass is 16.5. The van der Waals surface area contributed by atoms with Crippen LogP contribution < -0.4 is 0 Å². The molecule has 11 atom stereocenters. The summed E-state index contributed by atoms with van der Waals surface area (Å²) in [6.45, 7) is 4.67. The molecule has 39 heavy (non-hydrogen) atoms. The zero-order chi connectivity index (χ0) is 28.6. The Morgan fingerprint density at radius 3 is 2.31 bits per heavy atom. The van der Waals surface area contributed by atoms with Crippen LogP contribution in [0.2, 0.25) is 0 Å². The molecule has 1 aromatic carbocycles. The minimum atomic E-state index is -2.08. The van der Waals surface area contributed by atoms with Crippen LogP contribution in [0.25, 0.3) is 6.08 Å². The van der Waals surface area contributed by atoms with Crippen molar-refractivity contribution in [3.63, 3.8) is 0 Å². The van der Waals surface area contributed by atoms with Crippen LogP contribution in [0.15, 0.2) is 36.4 Å². The molecule has 0 aromatic heterocycles. The van der Waals surface area contributed by atoms with Crippen LogP contribution in [-0.2, 0) is 9.53 Å². The van der Waals surface area contributed by atoms with Crippen LogP contribution in [0.3, 0.4) is 0 Å². The van der Waals surface area contributed by atoms with Gasteiger partial charge >= 0.3 is 5.97 Å². The largest absolute Gasteiger partial charge is 0.458 e. The fourth-order valence-electron chi connectivity index (χ4n) is 9.04. The topological polar surface area (TPSA) is 168 Å². The number of aliphatic hydroxyl groups is 7. The molecule has 9 heteroatoms. The lowest BCUT2D eigenvalue weighted by Gasteiger charge is -2.71. The number of hydrogen-bond donors (Lipinski definition) is 7. The second-order valence-electron chi connectivity index (χ2n) is 13.0. The predicted molar refractivity (Wildman–Crippen MR) is 141 cm³/mol. The molecule has 4 saturated carbocycles. The van der Waals surface area contributed by atoms with Crippen molar-refractivity contribution in [1.29, 1.82) is 0 Å². The number of rotatable bonds is 4. The molecule has 4 fully saturated rings. The van der Waals surface area contributed by atoms with Gasteiger partial charge in [-0.05, 0) is 50.7 Å². The van der Waals surface area contributed by atoms with Gasteiger partial charge in [-0.2, -0.15) is 0 Å². The first-order valence-electron chi connectivity index (χ1n) is 14.0. The van der Waals surface area contributed by atoms with Gasteiger partial charge in [0.2, 0.25) is 0 Å². The highest BCUT2D eigenvalue weighted by Crippen LogP contribution is 2.72. The van der Waals surface area contributed by atoms with Crippen molar-refractivity contribution in [3.8, 4) is 0 Å². The summed E-state index contributed by atoms with van der Waals surface area (Å²) in [5.41, 5.74) is -9.81. The van der Waals surface area contributed by atoms with Gasteiger partial charge in [-0.25, -0.2) is 4.79 Å². The van der Waals surface area contributed by atoms with Gasteiger partial charge in [0.15, 0.2) is 0 Å². The van der Waals surface area contributed by atoms with Crippen LogP contribution in [0.4, 0.5) is 0 Å². The summed E-state index contributed by atoms with van der Waals surface area (Å²) >= 11 is 0. The van der Waals surface area contributed by atoms with Crippen LogP contribution in [0.5, 0.6) is 0 Å². The Morgan fingerprint density at radius 2 is 1.67 bits per heavy atom. The Balaban J connectivity index is 1.60. The Kier molecular flexibility index (Phi) is 6.67. The Labute approximate surface area is 228 Å². The highest BCUT2D eigenvalue weighted by Gasteiger charge is 2.83. The molecule has 4 aliphatic carbocycles. The zero-order valence-electron chi connectivity index (χ0n) is 22.8. The van der Waals surface area contributed by atoms with Gasteiger partial charge in [-0.3, -0.25) is 0 Å². The summed E-state index contributed by atoms with van der Waals surface area (Å²) in [6.07, 6.45) is -2.03. The molecule has 216 valence electrons. The lowest BCUT2D eigenvalue weighted by molar-refractivity contribution is -0.372. The number of benzene rings is 1. The molecule has 0 amide bonds. The van der Waals surface area contributed by atoms with E-state index in [1.54, 1.807) is 13.0 Å². The molecule has 7 N–H and O–H groups in total. The summed E-state index contributed by atoms with van der Waals surface area (Å²) in [6, 6.07) is 9.15. The van der Waals surface area contributed by atoms with Crippen molar-refractivity contribution in [2.75, 3.05) is 0 Å². The second-order valence-corrected chi connectivity index (χ2v) is 13.0. The molecule has 5 rings (SSSR count). The van der Waals surface area contributed by atoms with Crippen LogP contribution in [0, 0.1) is 16.7 Å². The number of esters is 1. The van der Waals surface area contributed by atoms with Gasteiger partial charge in [0, 0.05) is 30.3 Å². The molecule has 1 unspecified atom stereocenters. The Hall–Kier alpha value is -1.85. The number of fused-ring (bicyclic) bond motifs is 5. The lowest BCUT2D eigenvalue weighted by Crippen LogP contribution is -2.83. The van der Waals surface area contributed by atoms with E-state index in [0.29, 0.717) is 6.42 Å². The number of carbonyl (C=O) groups excluding carboxylic acids is 1. The lowest BCUT2D eigenvalue weighted by atomic mass is 9.38. The normalized spacial score (nSPS) is 50.1. The molecule has 9 nitrogen and oxygen atoms in total. The SMILES string of the molecule is C[C@H](O)[C@]1(O)CC[C@@]2(O)[C@]1(C)[C@H](OC(=O)C=Cc1ccccc1)CC1[C@@]3(C)CC[C@H](O)C[C@]3(O)[C@H](O)C[C@]12O. The van der Waals surface area contributed by atoms with E-state index in [2.05, 4.69) is 0 Å². The van der Waals surface area contributed by atoms with Crippen molar-refractivity contribution in [2.24, 2.45) is 16.7 Å². The Morgan fingerprint density at radius 1 is 1.00 bits per heavy atom. The van der Waals surface area contributed by atoms with Gasteiger partial charge in [0.05, 0.1) is 29.3 Å². The number of aliphatic hydroxyl groups excluding tert-OH is 3. The van der Waals surface area contributed by atoms with E-state index in [0.717, 1.165) is 5.56 Å². The predicted octanol–water partition coefficient (Wildman–Crippen LogP) is 1.05. The van der Waals surface area contributed by atoms with Gasteiger partial charge in [0.1, 0.15) is 22.9 Å². The number of ether oxygens (including phenoxy) is 1. The van der Waals surface area contributed by atoms with Crippen molar-refractivity contribution in [3.05, 3.63) is 42.0 Å². The first-order chi connectivity index (χ1) is 18.1. The third-order valence-corrected chi connectivity index (χ3v) is 11.5. The molecule has 0 aliphatic heterocycles. The van der Waals surface area contributed by atoms with E-state index in [4.69, 9.17) is 4.74 Å². The molecule has 0 heterocycles. The minimum absolute atomic E-state index is 0.0309. The molecule has 1 aromatic rings. The second kappa shape index (κ2) is 9.08. The Bertz CT molecular complexity index is 1140. The maximum Gasteiger partial charge on any atom is 0.331 e. The highest BCUT2D eigenvalue weighted by molar-refractivity contribution is 5.87. The monoisotopic (exact) mass is 546 g/mol. The van der Waals surface area contributed by atoms with Crippen LogP contribution >= 0.6 is 0 Å². The van der Waals surface area contributed by atoms with Gasteiger partial charge < -0.3 is 40.5 Å². The van der Waals surface area contributed by atoms with Crippen molar-refractivity contribution in [1.82, 2.24) is 0 Å². The number of hydrogen-bond acceptors (Lipinski definition) is 9. The van der Waals surface area contributed by atoms with E-state index in [1.165, 1.54) is 19.9 Å². The smallest absolute Gasteiger partial charge is 0.331 e. The molecule has 0 radical (unpaired) electrons. The molecule has 4 aliphatic rings. The summed E-state index contributed by atoms with van der Waals surface area (Å²) < 4.78 is 5.98. The van der Waals surface area contributed by atoms with Crippen molar-refractivity contribution < 1.29 is 45.3 Å². The standard InChI is InChI=1S/C30H42O9/c1-18(31)27(35)13-14-30(38)26(27,3)23(39-24(34)10-9-19-7-5-4-6-8-19)15-21-25(2)12-11-20(32)16-29(25,37)22(33)17-28(21,30)36/h4-10,18,20-23,31-33,35-38H,11-17H2,1-3H3/t18-,20-,21?,22+,23+,25+,26+,27+,28-,29-,30+/m0/s1. The zero-order valence-corrected chi connectivity index (χ0v) is 22.8. The van der Waals surface area contributed by atoms with Crippen molar-refractivity contribution >= 4 is 12.0 Å². The molecular formula is C30H42O9. The van der Waals surface area contributed by atoms with Gasteiger partial charge in [-0.15, -0.1) is 0 Å². The summed E-state index contributed by atoms with van der Waals surface area (Å²) in [5, 5.41) is 81.0. The minimum Gasteiger partial charge on any atom is -0.458 e. The third-order valence-electron chi connectivity index (χ3n) is 11.5. The fourth-order valence-corrected chi connectivity index (χ4v) is 9.04. The average Bonchev–Trinajstić information content (AvgIpc) is 3.11. The molecule has 0 bridgehead atoms.